The van der Waals surface area contributed by atoms with Crippen LogP contribution in [0, 0.1) is 6.92 Å². The lowest BCUT2D eigenvalue weighted by molar-refractivity contribution is -0.126. The fraction of sp³-hybridized carbons (Fsp3) is 0.391. The van der Waals surface area contributed by atoms with E-state index in [4.69, 9.17) is 0 Å². The normalized spacial score (nSPS) is 12.4. The van der Waals surface area contributed by atoms with Gasteiger partial charge < -0.3 is 9.88 Å². The zero-order chi connectivity index (χ0) is 19.9. The molecule has 148 valence electrons. The molecule has 5 nitrogen and oxygen atoms in total. The second-order valence-electron chi connectivity index (χ2n) is 6.98. The number of carbonyl (C=O) groups is 1. The highest BCUT2D eigenvalue weighted by Gasteiger charge is 2.25. The summed E-state index contributed by atoms with van der Waals surface area (Å²) in [7, 11) is 0. The molecule has 2 aromatic carbocycles. The van der Waals surface area contributed by atoms with Crippen LogP contribution in [0.2, 0.25) is 0 Å². The highest BCUT2D eigenvalue weighted by atomic mass is 16.2. The molecule has 1 unspecified atom stereocenters. The highest BCUT2D eigenvalue weighted by Crippen LogP contribution is 2.20. The second kappa shape index (κ2) is 9.51. The van der Waals surface area contributed by atoms with E-state index >= 15 is 0 Å². The minimum atomic E-state index is -0.244. The smallest absolute Gasteiger partial charge is 0.241 e. The summed E-state index contributed by atoms with van der Waals surface area (Å²) < 4.78 is 2.22. The predicted octanol–water partition coefficient (Wildman–Crippen LogP) is 3.93. The number of nitrogens with one attached hydrogen (secondary N) is 1. The second-order valence-corrected chi connectivity index (χ2v) is 6.98. The summed E-state index contributed by atoms with van der Waals surface area (Å²) in [6, 6.07) is 18.0. The molecule has 0 radical (unpaired) electrons. The summed E-state index contributed by atoms with van der Waals surface area (Å²) in [6.07, 6.45) is 0.868. The Morgan fingerprint density at radius 2 is 1.75 bits per heavy atom. The van der Waals surface area contributed by atoms with Gasteiger partial charge >= 0.3 is 0 Å². The van der Waals surface area contributed by atoms with Crippen LogP contribution in [0.15, 0.2) is 54.6 Å². The van der Waals surface area contributed by atoms with Gasteiger partial charge in [-0.05, 0) is 44.1 Å². The predicted molar refractivity (Wildman–Crippen MR) is 114 cm³/mol. The van der Waals surface area contributed by atoms with Crippen molar-refractivity contribution in [2.75, 3.05) is 19.6 Å². The third kappa shape index (κ3) is 4.42. The molecule has 0 bridgehead atoms. The number of nitrogens with zero attached hydrogens (tertiary/aromatic N) is 3. The maximum absolute atomic E-state index is 13.0. The van der Waals surface area contributed by atoms with Crippen LogP contribution in [0.4, 0.5) is 0 Å². The lowest BCUT2D eigenvalue weighted by atomic mass is 10.0. The molecule has 0 fully saturated rings. The van der Waals surface area contributed by atoms with Gasteiger partial charge in [-0.2, -0.15) is 0 Å². The van der Waals surface area contributed by atoms with Gasteiger partial charge in [-0.15, -0.1) is 0 Å². The summed E-state index contributed by atoms with van der Waals surface area (Å²) in [5.74, 6) is 1.08. The molecule has 1 heterocycles. The summed E-state index contributed by atoms with van der Waals surface area (Å²) in [5.41, 5.74) is 3.21. The maximum Gasteiger partial charge on any atom is 0.241 e. The summed E-state index contributed by atoms with van der Waals surface area (Å²) in [4.78, 5) is 19.8. The molecular weight excluding hydrogens is 348 g/mol. The molecule has 3 aromatic rings. The van der Waals surface area contributed by atoms with Gasteiger partial charge in [0.05, 0.1) is 11.0 Å². The van der Waals surface area contributed by atoms with E-state index in [1.54, 1.807) is 0 Å². The molecule has 0 spiro atoms. The van der Waals surface area contributed by atoms with Crippen molar-refractivity contribution in [3.63, 3.8) is 0 Å². The minimum Gasteiger partial charge on any atom is -0.354 e. The van der Waals surface area contributed by atoms with E-state index in [0.717, 1.165) is 48.5 Å². The number of fused-ring (bicyclic) bond motifs is 1. The van der Waals surface area contributed by atoms with Gasteiger partial charge in [0.1, 0.15) is 11.9 Å². The monoisotopic (exact) mass is 378 g/mol. The highest BCUT2D eigenvalue weighted by molar-refractivity contribution is 5.83. The molecule has 28 heavy (non-hydrogen) atoms. The Hall–Kier alpha value is -2.66. The van der Waals surface area contributed by atoms with Crippen LogP contribution >= 0.6 is 0 Å². The minimum absolute atomic E-state index is 0.0714. The number of rotatable bonds is 9. The van der Waals surface area contributed by atoms with Crippen LogP contribution in [0.3, 0.4) is 0 Å². The van der Waals surface area contributed by atoms with E-state index in [1.807, 2.05) is 55.5 Å². The summed E-state index contributed by atoms with van der Waals surface area (Å²) in [6.45, 7) is 9.39. The fourth-order valence-corrected chi connectivity index (χ4v) is 3.78. The Bertz CT molecular complexity index is 899. The average molecular weight is 379 g/mol. The Labute approximate surface area is 167 Å². The lowest BCUT2D eigenvalue weighted by Crippen LogP contribution is -2.41. The molecule has 1 amide bonds. The Balaban J connectivity index is 1.62. The van der Waals surface area contributed by atoms with E-state index in [9.17, 15) is 4.79 Å². The van der Waals surface area contributed by atoms with E-state index < -0.39 is 0 Å². The fourth-order valence-electron chi connectivity index (χ4n) is 3.78. The topological polar surface area (TPSA) is 50.2 Å². The molecule has 1 N–H and O–H groups in total. The van der Waals surface area contributed by atoms with Crippen LogP contribution < -0.4 is 5.32 Å². The number of hydrogen-bond acceptors (Lipinski definition) is 3. The first kappa shape index (κ1) is 20.1. The van der Waals surface area contributed by atoms with Crippen LogP contribution in [-0.2, 0) is 11.3 Å². The molecule has 0 aliphatic rings. The molecule has 0 aliphatic heterocycles. The number of aromatic nitrogens is 2. The van der Waals surface area contributed by atoms with E-state index in [1.165, 1.54) is 0 Å². The first-order chi connectivity index (χ1) is 13.7. The van der Waals surface area contributed by atoms with Crippen molar-refractivity contribution in [1.82, 2.24) is 19.8 Å². The number of hydrogen-bond donors (Lipinski definition) is 1. The third-order valence-electron chi connectivity index (χ3n) is 5.24. The van der Waals surface area contributed by atoms with Crippen molar-refractivity contribution in [1.29, 1.82) is 0 Å². The van der Waals surface area contributed by atoms with Gasteiger partial charge in [0, 0.05) is 13.1 Å². The molecule has 1 aromatic heterocycles. The first-order valence-corrected chi connectivity index (χ1v) is 10.1. The van der Waals surface area contributed by atoms with Crippen molar-refractivity contribution in [3.8, 4) is 0 Å². The number of para-hydroxylation sites is 2. The van der Waals surface area contributed by atoms with Crippen molar-refractivity contribution in [2.24, 2.45) is 0 Å². The van der Waals surface area contributed by atoms with Crippen LogP contribution in [0.5, 0.6) is 0 Å². The molecule has 3 rings (SSSR count). The quantitative estimate of drug-likeness (QED) is 0.574. The van der Waals surface area contributed by atoms with Crippen LogP contribution in [0.25, 0.3) is 11.0 Å². The SMILES string of the molecule is CCN(CC)C(C(=O)NCCCn1c(C)nc2ccccc21)c1ccccc1. The number of likely N-dealkylation sites (N-methyl/N-ethyl adjacent to an activating group) is 1. The largest absolute Gasteiger partial charge is 0.354 e. The summed E-state index contributed by atoms with van der Waals surface area (Å²) >= 11 is 0. The van der Waals surface area contributed by atoms with Gasteiger partial charge in [0.15, 0.2) is 0 Å². The zero-order valence-corrected chi connectivity index (χ0v) is 17.1. The molecule has 0 saturated carbocycles. The van der Waals surface area contributed by atoms with Gasteiger partial charge in [-0.1, -0.05) is 56.3 Å². The van der Waals surface area contributed by atoms with Crippen molar-refractivity contribution in [3.05, 3.63) is 66.0 Å². The standard InChI is InChI=1S/C23H30N4O/c1-4-26(5-2)22(19-12-7-6-8-13-19)23(28)24-16-11-17-27-18(3)25-20-14-9-10-15-21(20)27/h6-10,12-15,22H,4-5,11,16-17H2,1-3H3,(H,24,28). The van der Waals surface area contributed by atoms with E-state index in [2.05, 4.69) is 39.7 Å². The van der Waals surface area contributed by atoms with Crippen molar-refractivity contribution in [2.45, 2.75) is 39.8 Å². The van der Waals surface area contributed by atoms with E-state index in [0.29, 0.717) is 6.54 Å². The molecule has 1 atom stereocenters. The number of aryl methyl sites for hydroxylation is 2. The molecule has 0 saturated heterocycles. The summed E-state index contributed by atoms with van der Waals surface area (Å²) in [5, 5.41) is 3.15. The zero-order valence-electron chi connectivity index (χ0n) is 17.1. The van der Waals surface area contributed by atoms with Crippen molar-refractivity contribution >= 4 is 16.9 Å². The number of amides is 1. The average Bonchev–Trinajstić information content (AvgIpc) is 3.04. The lowest BCUT2D eigenvalue weighted by Gasteiger charge is -2.29. The Kier molecular flexibility index (Phi) is 6.82. The van der Waals surface area contributed by atoms with Gasteiger partial charge in [-0.3, -0.25) is 9.69 Å². The van der Waals surface area contributed by atoms with Gasteiger partial charge in [0.25, 0.3) is 0 Å². The first-order valence-electron chi connectivity index (χ1n) is 10.1. The van der Waals surface area contributed by atoms with Crippen LogP contribution in [-0.4, -0.2) is 40.0 Å². The molecule has 5 heteroatoms. The number of carbonyl (C=O) groups excluding carboxylic acids is 1. The maximum atomic E-state index is 13.0. The Morgan fingerprint density at radius 1 is 1.07 bits per heavy atom. The number of imidazole rings is 1. The molecular formula is C23H30N4O. The molecule has 0 aliphatic carbocycles. The number of benzene rings is 2. The van der Waals surface area contributed by atoms with Gasteiger partial charge in [0.2, 0.25) is 5.91 Å². The Morgan fingerprint density at radius 3 is 2.46 bits per heavy atom. The van der Waals surface area contributed by atoms with Gasteiger partial charge in [-0.25, -0.2) is 4.98 Å². The van der Waals surface area contributed by atoms with Crippen molar-refractivity contribution < 1.29 is 4.79 Å². The van der Waals surface area contributed by atoms with E-state index in [-0.39, 0.29) is 11.9 Å². The third-order valence-corrected chi connectivity index (χ3v) is 5.24. The van der Waals surface area contributed by atoms with Crippen LogP contribution in [0.1, 0.15) is 37.7 Å².